The first-order valence-corrected chi connectivity index (χ1v) is 6.80. The SMILES string of the molecule is COc1ccc(N(CCCN)C(=O)c2cnn(C)c2)cc1. The summed E-state index contributed by atoms with van der Waals surface area (Å²) in [6, 6.07) is 7.40. The molecule has 2 aromatic rings. The van der Waals surface area contributed by atoms with E-state index in [4.69, 9.17) is 10.5 Å². The lowest BCUT2D eigenvalue weighted by Crippen LogP contribution is -2.32. The number of hydrogen-bond donors (Lipinski definition) is 1. The number of methoxy groups -OCH3 is 1. The molecule has 0 aliphatic carbocycles. The van der Waals surface area contributed by atoms with Gasteiger partial charge in [0.1, 0.15) is 5.75 Å². The van der Waals surface area contributed by atoms with Crippen molar-refractivity contribution in [3.63, 3.8) is 0 Å². The summed E-state index contributed by atoms with van der Waals surface area (Å²) in [4.78, 5) is 14.3. The fourth-order valence-corrected chi connectivity index (χ4v) is 2.05. The van der Waals surface area contributed by atoms with E-state index in [0.717, 1.165) is 17.9 Å². The summed E-state index contributed by atoms with van der Waals surface area (Å²) in [5, 5.41) is 4.05. The summed E-state index contributed by atoms with van der Waals surface area (Å²) in [7, 11) is 3.40. The van der Waals surface area contributed by atoms with Crippen molar-refractivity contribution in [3.8, 4) is 5.75 Å². The van der Waals surface area contributed by atoms with Gasteiger partial charge in [0.15, 0.2) is 0 Å². The van der Waals surface area contributed by atoms with Crippen molar-refractivity contribution in [1.29, 1.82) is 0 Å². The molecule has 0 aliphatic heterocycles. The molecule has 6 nitrogen and oxygen atoms in total. The fourth-order valence-electron chi connectivity index (χ4n) is 2.05. The Hall–Kier alpha value is -2.34. The van der Waals surface area contributed by atoms with Crippen LogP contribution in [0.3, 0.4) is 0 Å². The molecule has 0 radical (unpaired) electrons. The Morgan fingerprint density at radius 2 is 2.10 bits per heavy atom. The molecule has 2 rings (SSSR count). The Morgan fingerprint density at radius 1 is 1.38 bits per heavy atom. The summed E-state index contributed by atoms with van der Waals surface area (Å²) >= 11 is 0. The number of benzene rings is 1. The number of amides is 1. The molecule has 0 spiro atoms. The molecule has 6 heteroatoms. The lowest BCUT2D eigenvalue weighted by molar-refractivity contribution is 0.0986. The van der Waals surface area contributed by atoms with Crippen LogP contribution in [0.1, 0.15) is 16.8 Å². The Balaban J connectivity index is 2.26. The first-order valence-electron chi connectivity index (χ1n) is 6.80. The highest BCUT2D eigenvalue weighted by Gasteiger charge is 2.18. The van der Waals surface area contributed by atoms with Gasteiger partial charge < -0.3 is 15.4 Å². The third-order valence-corrected chi connectivity index (χ3v) is 3.17. The molecule has 0 fully saturated rings. The maximum Gasteiger partial charge on any atom is 0.261 e. The molecule has 1 aromatic heterocycles. The van der Waals surface area contributed by atoms with Gasteiger partial charge in [-0.3, -0.25) is 9.48 Å². The minimum absolute atomic E-state index is 0.0817. The highest BCUT2D eigenvalue weighted by atomic mass is 16.5. The van der Waals surface area contributed by atoms with Crippen LogP contribution in [0.5, 0.6) is 5.75 Å². The maximum atomic E-state index is 12.6. The molecule has 112 valence electrons. The minimum atomic E-state index is -0.0817. The lowest BCUT2D eigenvalue weighted by atomic mass is 10.2. The van der Waals surface area contributed by atoms with Crippen LogP contribution < -0.4 is 15.4 Å². The van der Waals surface area contributed by atoms with Crippen molar-refractivity contribution in [2.75, 3.05) is 25.1 Å². The first-order chi connectivity index (χ1) is 10.2. The average molecular weight is 288 g/mol. The van der Waals surface area contributed by atoms with Gasteiger partial charge in [0.25, 0.3) is 5.91 Å². The number of nitrogens with zero attached hydrogens (tertiary/aromatic N) is 3. The van der Waals surface area contributed by atoms with E-state index in [9.17, 15) is 4.79 Å². The largest absolute Gasteiger partial charge is 0.497 e. The molecule has 0 saturated heterocycles. The van der Waals surface area contributed by atoms with E-state index in [-0.39, 0.29) is 5.91 Å². The van der Waals surface area contributed by atoms with Gasteiger partial charge in [-0.2, -0.15) is 5.10 Å². The normalized spacial score (nSPS) is 10.4. The summed E-state index contributed by atoms with van der Waals surface area (Å²) in [6.07, 6.45) is 4.01. The van der Waals surface area contributed by atoms with Crippen LogP contribution >= 0.6 is 0 Å². The standard InChI is InChI=1S/C15H20N4O2/c1-18-11-12(10-17-18)15(20)19(9-3-8-16)13-4-6-14(21-2)7-5-13/h4-7,10-11H,3,8-9,16H2,1-2H3. The molecule has 0 atom stereocenters. The number of ether oxygens (including phenoxy) is 1. The second-order valence-electron chi connectivity index (χ2n) is 4.70. The van der Waals surface area contributed by atoms with E-state index < -0.39 is 0 Å². The molecule has 2 N–H and O–H groups in total. The van der Waals surface area contributed by atoms with E-state index in [1.165, 1.54) is 0 Å². The molecule has 1 aromatic carbocycles. The zero-order valence-corrected chi connectivity index (χ0v) is 12.3. The zero-order valence-electron chi connectivity index (χ0n) is 12.3. The van der Waals surface area contributed by atoms with Crippen LogP contribution in [0.25, 0.3) is 0 Å². The Kier molecular flexibility index (Phi) is 4.94. The molecule has 0 unspecified atom stereocenters. The van der Waals surface area contributed by atoms with Crippen molar-refractivity contribution >= 4 is 11.6 Å². The molecular weight excluding hydrogens is 268 g/mol. The van der Waals surface area contributed by atoms with E-state index in [1.54, 1.807) is 36.1 Å². The molecule has 1 amide bonds. The molecule has 21 heavy (non-hydrogen) atoms. The van der Waals surface area contributed by atoms with Crippen LogP contribution in [0.15, 0.2) is 36.7 Å². The Morgan fingerprint density at radius 3 is 2.62 bits per heavy atom. The second-order valence-corrected chi connectivity index (χ2v) is 4.70. The van der Waals surface area contributed by atoms with E-state index >= 15 is 0 Å². The molecule has 0 bridgehead atoms. The summed E-state index contributed by atoms with van der Waals surface area (Å²) in [5.74, 6) is 0.674. The maximum absolute atomic E-state index is 12.6. The number of aryl methyl sites for hydroxylation is 1. The second kappa shape index (κ2) is 6.90. The number of anilines is 1. The van der Waals surface area contributed by atoms with Crippen LogP contribution in [-0.2, 0) is 7.05 Å². The smallest absolute Gasteiger partial charge is 0.261 e. The number of rotatable bonds is 6. The van der Waals surface area contributed by atoms with Gasteiger partial charge in [-0.25, -0.2) is 0 Å². The number of carbonyl (C=O) groups is 1. The monoisotopic (exact) mass is 288 g/mol. The van der Waals surface area contributed by atoms with Crippen molar-refractivity contribution < 1.29 is 9.53 Å². The van der Waals surface area contributed by atoms with Crippen LogP contribution in [0.4, 0.5) is 5.69 Å². The van der Waals surface area contributed by atoms with Gasteiger partial charge in [0.05, 0.1) is 18.9 Å². The zero-order chi connectivity index (χ0) is 15.2. The number of nitrogens with two attached hydrogens (primary N) is 1. The predicted molar refractivity (Wildman–Crippen MR) is 81.5 cm³/mol. The van der Waals surface area contributed by atoms with Crippen molar-refractivity contribution in [1.82, 2.24) is 9.78 Å². The van der Waals surface area contributed by atoms with Gasteiger partial charge in [-0.1, -0.05) is 0 Å². The third-order valence-electron chi connectivity index (χ3n) is 3.17. The highest BCUT2D eigenvalue weighted by Crippen LogP contribution is 2.21. The van der Waals surface area contributed by atoms with Gasteiger partial charge >= 0.3 is 0 Å². The topological polar surface area (TPSA) is 73.4 Å². The molecular formula is C15H20N4O2. The van der Waals surface area contributed by atoms with Crippen LogP contribution in [0.2, 0.25) is 0 Å². The summed E-state index contributed by atoms with van der Waals surface area (Å²) in [6.45, 7) is 1.10. The van der Waals surface area contributed by atoms with Gasteiger partial charge in [-0.05, 0) is 37.2 Å². The quantitative estimate of drug-likeness (QED) is 0.872. The van der Waals surface area contributed by atoms with Crippen molar-refractivity contribution in [2.24, 2.45) is 12.8 Å². The first kappa shape index (κ1) is 15.1. The highest BCUT2D eigenvalue weighted by molar-refractivity contribution is 6.05. The van der Waals surface area contributed by atoms with Gasteiger partial charge in [0.2, 0.25) is 0 Å². The van der Waals surface area contributed by atoms with Crippen LogP contribution in [-0.4, -0.2) is 35.9 Å². The Labute approximate surface area is 124 Å². The summed E-state index contributed by atoms with van der Waals surface area (Å²) in [5.41, 5.74) is 6.95. The van der Waals surface area contributed by atoms with Crippen LogP contribution in [0, 0.1) is 0 Å². The Bertz CT molecular complexity index is 592. The van der Waals surface area contributed by atoms with Gasteiger partial charge in [-0.15, -0.1) is 0 Å². The number of hydrogen-bond acceptors (Lipinski definition) is 4. The lowest BCUT2D eigenvalue weighted by Gasteiger charge is -2.22. The molecule has 0 saturated carbocycles. The minimum Gasteiger partial charge on any atom is -0.497 e. The fraction of sp³-hybridized carbons (Fsp3) is 0.333. The predicted octanol–water partition coefficient (Wildman–Crippen LogP) is 1.42. The average Bonchev–Trinajstić information content (AvgIpc) is 2.94. The summed E-state index contributed by atoms with van der Waals surface area (Å²) < 4.78 is 6.76. The van der Waals surface area contributed by atoms with Gasteiger partial charge in [0, 0.05) is 25.5 Å². The molecule has 0 aliphatic rings. The van der Waals surface area contributed by atoms with E-state index in [0.29, 0.717) is 18.7 Å². The number of carbonyl (C=O) groups excluding carboxylic acids is 1. The van der Waals surface area contributed by atoms with Crippen molar-refractivity contribution in [2.45, 2.75) is 6.42 Å². The third kappa shape index (κ3) is 3.61. The number of aromatic nitrogens is 2. The van der Waals surface area contributed by atoms with E-state index in [1.807, 2.05) is 24.3 Å². The molecule has 1 heterocycles. The van der Waals surface area contributed by atoms with E-state index in [2.05, 4.69) is 5.10 Å². The van der Waals surface area contributed by atoms with Crippen molar-refractivity contribution in [3.05, 3.63) is 42.2 Å².